The number of benzene rings is 2. The van der Waals surface area contributed by atoms with Gasteiger partial charge in [-0.05, 0) is 19.1 Å². The number of nitrogens with zero attached hydrogens (tertiary/aromatic N) is 1. The quantitative estimate of drug-likeness (QED) is 0.586. The lowest BCUT2D eigenvalue weighted by molar-refractivity contribution is -0.156. The second kappa shape index (κ2) is 8.34. The highest BCUT2D eigenvalue weighted by molar-refractivity contribution is 6.04. The Hall–Kier alpha value is -3.68. The maximum atomic E-state index is 12.8. The molecular formula is C20H19N3O5. The first-order valence-electron chi connectivity index (χ1n) is 8.64. The Balaban J connectivity index is 1.74. The molecule has 3 rings (SSSR count). The van der Waals surface area contributed by atoms with Crippen LogP contribution in [0.1, 0.15) is 17.2 Å². The van der Waals surface area contributed by atoms with Crippen LogP contribution in [0.2, 0.25) is 0 Å². The van der Waals surface area contributed by atoms with Crippen molar-refractivity contribution >= 4 is 29.5 Å². The molecule has 4 amide bonds. The summed E-state index contributed by atoms with van der Waals surface area (Å²) >= 11 is 0. The Labute approximate surface area is 161 Å². The van der Waals surface area contributed by atoms with Gasteiger partial charge in [0.1, 0.15) is 6.54 Å². The molecule has 2 N–H and O–H groups in total. The number of urea groups is 1. The van der Waals surface area contributed by atoms with Crippen molar-refractivity contribution in [1.82, 2.24) is 10.2 Å². The molecule has 0 unspecified atom stereocenters. The third-order valence-corrected chi connectivity index (χ3v) is 4.13. The van der Waals surface area contributed by atoms with E-state index in [1.165, 1.54) is 0 Å². The van der Waals surface area contributed by atoms with Gasteiger partial charge in [0.25, 0.3) is 11.8 Å². The molecule has 28 heavy (non-hydrogen) atoms. The predicted molar refractivity (Wildman–Crippen MR) is 100 cm³/mol. The van der Waals surface area contributed by atoms with E-state index in [0.29, 0.717) is 11.3 Å². The van der Waals surface area contributed by atoms with Gasteiger partial charge in [-0.25, -0.2) is 4.79 Å². The average Bonchev–Trinajstić information content (AvgIpc) is 3.00. The molecule has 1 heterocycles. The highest BCUT2D eigenvalue weighted by atomic mass is 16.5. The van der Waals surface area contributed by atoms with Crippen LogP contribution < -0.4 is 10.6 Å². The van der Waals surface area contributed by atoms with Crippen LogP contribution in [0.15, 0.2) is 54.6 Å². The van der Waals surface area contributed by atoms with Gasteiger partial charge in [-0.15, -0.1) is 0 Å². The molecule has 2 aromatic rings. The fourth-order valence-electron chi connectivity index (χ4n) is 2.66. The second-order valence-electron chi connectivity index (χ2n) is 6.27. The number of aryl methyl sites for hydroxylation is 1. The number of anilines is 1. The van der Waals surface area contributed by atoms with Gasteiger partial charge >= 0.3 is 12.0 Å². The van der Waals surface area contributed by atoms with Crippen molar-refractivity contribution in [2.24, 2.45) is 0 Å². The lowest BCUT2D eigenvalue weighted by atomic mass is 10.1. The number of rotatable bonds is 6. The van der Waals surface area contributed by atoms with Gasteiger partial charge in [0.05, 0.1) is 6.54 Å². The molecule has 0 spiro atoms. The number of hydrogen-bond acceptors (Lipinski definition) is 5. The molecule has 144 valence electrons. The van der Waals surface area contributed by atoms with E-state index >= 15 is 0 Å². The van der Waals surface area contributed by atoms with Crippen LogP contribution in [0.25, 0.3) is 0 Å². The van der Waals surface area contributed by atoms with E-state index in [1.807, 2.05) is 19.1 Å². The van der Waals surface area contributed by atoms with Crippen LogP contribution in [0, 0.1) is 6.92 Å². The van der Waals surface area contributed by atoms with Gasteiger partial charge in [-0.1, -0.05) is 48.0 Å². The normalized spacial score (nSPS) is 14.4. The smallest absolute Gasteiger partial charge is 0.327 e. The van der Waals surface area contributed by atoms with Crippen molar-refractivity contribution in [1.29, 1.82) is 0 Å². The second-order valence-corrected chi connectivity index (χ2v) is 6.27. The molecule has 0 aliphatic carbocycles. The van der Waals surface area contributed by atoms with Gasteiger partial charge in [0.2, 0.25) is 6.10 Å². The topological polar surface area (TPSA) is 105 Å². The van der Waals surface area contributed by atoms with E-state index in [9.17, 15) is 19.2 Å². The summed E-state index contributed by atoms with van der Waals surface area (Å²) in [6, 6.07) is 15.0. The van der Waals surface area contributed by atoms with Crippen molar-refractivity contribution in [3.8, 4) is 0 Å². The summed E-state index contributed by atoms with van der Waals surface area (Å²) in [5, 5.41) is 5.03. The van der Waals surface area contributed by atoms with Crippen LogP contribution in [-0.4, -0.2) is 41.8 Å². The van der Waals surface area contributed by atoms with Crippen molar-refractivity contribution in [2.45, 2.75) is 13.0 Å². The van der Waals surface area contributed by atoms with E-state index in [0.717, 1.165) is 10.5 Å². The summed E-state index contributed by atoms with van der Waals surface area (Å²) in [6.45, 7) is 1.20. The maximum absolute atomic E-state index is 12.8. The van der Waals surface area contributed by atoms with Crippen molar-refractivity contribution in [3.63, 3.8) is 0 Å². The zero-order chi connectivity index (χ0) is 20.1. The molecule has 0 saturated carbocycles. The summed E-state index contributed by atoms with van der Waals surface area (Å²) in [7, 11) is 0. The lowest BCUT2D eigenvalue weighted by Crippen LogP contribution is -2.38. The Morgan fingerprint density at radius 2 is 1.79 bits per heavy atom. The van der Waals surface area contributed by atoms with Gasteiger partial charge < -0.3 is 15.4 Å². The summed E-state index contributed by atoms with van der Waals surface area (Å²) in [5.74, 6) is -1.93. The van der Waals surface area contributed by atoms with Crippen LogP contribution in [0.3, 0.4) is 0 Å². The molecule has 1 atom stereocenters. The molecule has 0 aromatic heterocycles. The minimum absolute atomic E-state index is 0.165. The van der Waals surface area contributed by atoms with E-state index in [2.05, 4.69) is 10.6 Å². The number of carbonyl (C=O) groups is 4. The number of amides is 4. The van der Waals surface area contributed by atoms with Crippen LogP contribution in [0.4, 0.5) is 10.5 Å². The summed E-state index contributed by atoms with van der Waals surface area (Å²) in [4.78, 5) is 49.0. The molecule has 8 nitrogen and oxygen atoms in total. The zero-order valence-corrected chi connectivity index (χ0v) is 15.2. The van der Waals surface area contributed by atoms with Crippen molar-refractivity contribution < 1.29 is 23.9 Å². The van der Waals surface area contributed by atoms with Crippen molar-refractivity contribution in [3.05, 3.63) is 65.7 Å². The molecule has 0 radical (unpaired) electrons. The average molecular weight is 381 g/mol. The van der Waals surface area contributed by atoms with E-state index in [4.69, 9.17) is 4.74 Å². The van der Waals surface area contributed by atoms with Crippen molar-refractivity contribution in [2.75, 3.05) is 18.4 Å². The third kappa shape index (κ3) is 4.53. The first kappa shape index (κ1) is 19.1. The highest BCUT2D eigenvalue weighted by Gasteiger charge is 2.33. The maximum Gasteiger partial charge on any atom is 0.327 e. The largest absolute Gasteiger partial charge is 0.446 e. The Morgan fingerprint density at radius 3 is 2.39 bits per heavy atom. The number of ether oxygens (including phenoxy) is 1. The fourth-order valence-corrected chi connectivity index (χ4v) is 2.66. The minimum atomic E-state index is -1.23. The summed E-state index contributed by atoms with van der Waals surface area (Å²) < 4.78 is 5.33. The van der Waals surface area contributed by atoms with E-state index in [-0.39, 0.29) is 6.54 Å². The number of imide groups is 1. The van der Waals surface area contributed by atoms with Gasteiger partial charge in [-0.3, -0.25) is 19.3 Å². The minimum Gasteiger partial charge on any atom is -0.446 e. The fraction of sp³-hybridized carbons (Fsp3) is 0.200. The lowest BCUT2D eigenvalue weighted by Gasteiger charge is -2.19. The van der Waals surface area contributed by atoms with E-state index in [1.54, 1.807) is 42.5 Å². The number of nitrogens with one attached hydrogen (secondary N) is 2. The third-order valence-electron chi connectivity index (χ3n) is 4.13. The van der Waals surface area contributed by atoms with Gasteiger partial charge in [0.15, 0.2) is 0 Å². The summed E-state index contributed by atoms with van der Waals surface area (Å²) in [5.41, 5.74) is 2.07. The first-order chi connectivity index (χ1) is 13.4. The van der Waals surface area contributed by atoms with Gasteiger partial charge in [0, 0.05) is 11.3 Å². The summed E-state index contributed by atoms with van der Waals surface area (Å²) in [6.07, 6.45) is -1.23. The predicted octanol–water partition coefficient (Wildman–Crippen LogP) is 1.77. The monoisotopic (exact) mass is 381 g/mol. The standard InChI is InChI=1S/C20H19N3O5/c1-13-7-9-15(10-8-13)22-19(26)18(14-5-3-2-4-6-14)28-17(25)12-23-16(24)11-21-20(23)27/h2-10,18H,11-12H2,1H3,(H,21,27)(H,22,26)/t18-/m1/s1. The van der Waals surface area contributed by atoms with E-state index < -0.39 is 36.5 Å². The molecule has 1 fully saturated rings. The SMILES string of the molecule is Cc1ccc(NC(=O)[C@H](OC(=O)CN2C(=O)CNC2=O)c2ccccc2)cc1. The molecule has 1 saturated heterocycles. The highest BCUT2D eigenvalue weighted by Crippen LogP contribution is 2.21. The molecule has 1 aliphatic rings. The first-order valence-corrected chi connectivity index (χ1v) is 8.64. The molecule has 1 aliphatic heterocycles. The zero-order valence-electron chi connectivity index (χ0n) is 15.2. The van der Waals surface area contributed by atoms with Crippen LogP contribution >= 0.6 is 0 Å². The number of esters is 1. The van der Waals surface area contributed by atoms with Gasteiger partial charge in [-0.2, -0.15) is 0 Å². The Morgan fingerprint density at radius 1 is 1.11 bits per heavy atom. The molecular weight excluding hydrogens is 362 g/mol. The Kier molecular flexibility index (Phi) is 5.69. The number of carbonyl (C=O) groups excluding carboxylic acids is 4. The molecule has 0 bridgehead atoms. The Bertz CT molecular complexity index is 880. The van der Waals surface area contributed by atoms with Crippen LogP contribution in [-0.2, 0) is 19.1 Å². The van der Waals surface area contributed by atoms with Crippen LogP contribution in [0.5, 0.6) is 0 Å². The number of hydrogen-bond donors (Lipinski definition) is 2. The molecule has 2 aromatic carbocycles. The molecule has 8 heteroatoms.